The number of alkyl halides is 4. The molecule has 21 nitrogen and oxygen atoms in total. The Morgan fingerprint density at radius 2 is 1.42 bits per heavy atom. The fourth-order valence-corrected chi connectivity index (χ4v) is 7.32. The molecule has 0 atom stereocenters. The first-order valence-electron chi connectivity index (χ1n) is 19.8. The number of anilines is 4. The minimum atomic E-state index is -4.09. The normalized spacial score (nSPS) is 15.0. The molecule has 0 saturated carbocycles. The maximum absolute atomic E-state index is 14.0. The molecule has 7 rings (SSSR count). The third-order valence-electron chi connectivity index (χ3n) is 10.2. The van der Waals surface area contributed by atoms with E-state index in [1.807, 2.05) is 6.92 Å². The zero-order valence-corrected chi connectivity index (χ0v) is 35.0. The van der Waals surface area contributed by atoms with Crippen molar-refractivity contribution in [2.24, 2.45) is 11.5 Å². The van der Waals surface area contributed by atoms with E-state index in [0.717, 1.165) is 4.90 Å². The lowest BCUT2D eigenvalue weighted by Crippen LogP contribution is -2.55. The molecule has 4 amide bonds. The van der Waals surface area contributed by atoms with E-state index in [1.165, 1.54) is 33.8 Å². The van der Waals surface area contributed by atoms with E-state index in [2.05, 4.69) is 45.8 Å². The van der Waals surface area contributed by atoms with Gasteiger partial charge in [-0.25, -0.2) is 15.0 Å². The Balaban J connectivity index is 1.24. The number of carbonyl (C=O) groups is 4. The standard InChI is InChI=1S/C39H44F4N16O5/c1-5-58-27(13-20(3)53-58)34(62)51-36-49-25-15-22(31(45)60)14-24(47-9-12-55-18-38(40,41)64-39(42,43)19-55)29(25)56(36)10-7-8-11-57-33-26(16-23(17-48-33)32(46)61)50-37(57)52-35(63)30-28(44)21(4)54-59(30)6-2/h7-8,13-17,47H,5-6,9-12,18-19,44H2,1-4H3,(H2,45,60)(H2,46,61)(H,49,51,62)(H,50,52,63)/b8-7+. The second kappa shape index (κ2) is 17.4. The molecule has 1 fully saturated rings. The van der Waals surface area contributed by atoms with Crippen molar-refractivity contribution in [3.8, 4) is 0 Å². The second-order valence-electron chi connectivity index (χ2n) is 14.8. The summed E-state index contributed by atoms with van der Waals surface area (Å²) < 4.78 is 65.8. The third kappa shape index (κ3) is 9.19. The smallest absolute Gasteiger partial charge is 0.372 e. The Kier molecular flexibility index (Phi) is 12.1. The molecule has 25 heteroatoms. The van der Waals surface area contributed by atoms with Crippen molar-refractivity contribution in [2.75, 3.05) is 47.9 Å². The Hall–Kier alpha value is -7.41. The van der Waals surface area contributed by atoms with Crippen LogP contribution < -0.4 is 33.2 Å². The van der Waals surface area contributed by atoms with Gasteiger partial charge in [-0.1, -0.05) is 12.2 Å². The fourth-order valence-electron chi connectivity index (χ4n) is 7.32. The zero-order valence-electron chi connectivity index (χ0n) is 35.0. The van der Waals surface area contributed by atoms with Crippen LogP contribution in [-0.2, 0) is 30.9 Å². The van der Waals surface area contributed by atoms with Gasteiger partial charge in [-0.05, 0) is 52.0 Å². The van der Waals surface area contributed by atoms with Crippen molar-refractivity contribution in [2.45, 2.75) is 66.1 Å². The number of benzene rings is 1. The van der Waals surface area contributed by atoms with E-state index in [1.54, 1.807) is 48.1 Å². The molecule has 6 aromatic rings. The highest BCUT2D eigenvalue weighted by Gasteiger charge is 2.51. The number of amides is 4. The van der Waals surface area contributed by atoms with Crippen LogP contribution in [0.4, 0.5) is 40.8 Å². The van der Waals surface area contributed by atoms with Gasteiger partial charge in [0.15, 0.2) is 5.65 Å². The summed E-state index contributed by atoms with van der Waals surface area (Å²) >= 11 is 0. The molecule has 0 unspecified atom stereocenters. The van der Waals surface area contributed by atoms with Crippen LogP contribution in [0.3, 0.4) is 0 Å². The second-order valence-corrected chi connectivity index (χ2v) is 14.8. The lowest BCUT2D eigenvalue weighted by molar-refractivity contribution is -0.404. The number of halogens is 4. The molecule has 1 aliphatic rings. The van der Waals surface area contributed by atoms with Crippen LogP contribution in [0.15, 0.2) is 42.6 Å². The van der Waals surface area contributed by atoms with E-state index in [0.29, 0.717) is 30.0 Å². The zero-order chi connectivity index (χ0) is 46.2. The number of nitrogens with zero attached hydrogens (tertiary/aromatic N) is 10. The first-order chi connectivity index (χ1) is 30.3. The Morgan fingerprint density at radius 3 is 2.08 bits per heavy atom. The average Bonchev–Trinajstić information content (AvgIpc) is 3.95. The number of fused-ring (bicyclic) bond motifs is 2. The van der Waals surface area contributed by atoms with Crippen molar-refractivity contribution < 1.29 is 41.5 Å². The van der Waals surface area contributed by atoms with Crippen LogP contribution in [-0.4, -0.2) is 111 Å². The molecule has 9 N–H and O–H groups in total. The minimum Gasteiger partial charge on any atom is -0.395 e. The van der Waals surface area contributed by atoms with Crippen LogP contribution in [0, 0.1) is 13.8 Å². The maximum atomic E-state index is 14.0. The number of hydrogen-bond donors (Lipinski definition) is 6. The molecule has 0 radical (unpaired) electrons. The third-order valence-corrected chi connectivity index (χ3v) is 10.2. The van der Waals surface area contributed by atoms with Crippen LogP contribution in [0.5, 0.6) is 0 Å². The summed E-state index contributed by atoms with van der Waals surface area (Å²) in [5.41, 5.74) is 20.3. The van der Waals surface area contributed by atoms with Gasteiger partial charge in [0.05, 0.1) is 52.4 Å². The number of morpholine rings is 1. The van der Waals surface area contributed by atoms with Crippen molar-refractivity contribution in [3.63, 3.8) is 0 Å². The number of nitrogens with one attached hydrogen (secondary N) is 3. The van der Waals surface area contributed by atoms with E-state index >= 15 is 0 Å². The number of pyridine rings is 1. The Bertz CT molecular complexity index is 2830. The highest BCUT2D eigenvalue weighted by molar-refractivity contribution is 6.07. The van der Waals surface area contributed by atoms with Crippen LogP contribution >= 0.6 is 0 Å². The summed E-state index contributed by atoms with van der Waals surface area (Å²) in [5.74, 6) is -2.67. The van der Waals surface area contributed by atoms with E-state index in [-0.39, 0.29) is 88.6 Å². The summed E-state index contributed by atoms with van der Waals surface area (Å²) in [6, 6.07) is 5.83. The molecule has 1 aromatic carbocycles. The van der Waals surface area contributed by atoms with Gasteiger partial charge in [-0.15, -0.1) is 0 Å². The number of allylic oxidation sites excluding steroid dienone is 2. The van der Waals surface area contributed by atoms with Crippen LogP contribution in [0.1, 0.15) is 66.9 Å². The molecular formula is C39H44F4N16O5. The summed E-state index contributed by atoms with van der Waals surface area (Å²) in [6.45, 7) is 5.17. The van der Waals surface area contributed by atoms with Crippen LogP contribution in [0.2, 0.25) is 0 Å². The molecule has 1 saturated heterocycles. The molecule has 338 valence electrons. The number of aromatic nitrogens is 9. The molecule has 64 heavy (non-hydrogen) atoms. The molecular weight excluding hydrogens is 849 g/mol. The number of primary amides is 2. The summed E-state index contributed by atoms with van der Waals surface area (Å²) in [7, 11) is 0. The summed E-state index contributed by atoms with van der Waals surface area (Å²) in [6.07, 6.45) is -3.51. The number of ether oxygens (including phenoxy) is 1. The van der Waals surface area contributed by atoms with Crippen molar-refractivity contribution in [1.82, 2.24) is 48.5 Å². The van der Waals surface area contributed by atoms with Gasteiger partial charge >= 0.3 is 12.2 Å². The Labute approximate surface area is 360 Å². The number of nitrogens with two attached hydrogens (primary N) is 3. The van der Waals surface area contributed by atoms with Gasteiger partial charge in [0, 0.05) is 51.0 Å². The molecule has 6 heterocycles. The van der Waals surface area contributed by atoms with Gasteiger partial charge < -0.3 is 27.1 Å². The van der Waals surface area contributed by atoms with Crippen LogP contribution in [0.25, 0.3) is 22.2 Å². The highest BCUT2D eigenvalue weighted by atomic mass is 19.3. The van der Waals surface area contributed by atoms with Gasteiger partial charge in [0.2, 0.25) is 23.7 Å². The molecule has 0 bridgehead atoms. The number of nitrogen functional groups attached to an aromatic ring is 1. The van der Waals surface area contributed by atoms with E-state index in [4.69, 9.17) is 17.2 Å². The average molecular weight is 893 g/mol. The predicted octanol–water partition coefficient (Wildman–Crippen LogP) is 3.30. The topological polar surface area (TPSA) is 279 Å². The van der Waals surface area contributed by atoms with Gasteiger partial charge in [0.25, 0.3) is 11.8 Å². The van der Waals surface area contributed by atoms with Gasteiger partial charge in [-0.2, -0.15) is 27.8 Å². The number of imidazole rings is 2. The number of hydrogen-bond acceptors (Lipinski definition) is 13. The first-order valence-corrected chi connectivity index (χ1v) is 19.8. The van der Waals surface area contributed by atoms with Crippen molar-refractivity contribution in [1.29, 1.82) is 0 Å². The number of rotatable bonds is 16. The summed E-state index contributed by atoms with van der Waals surface area (Å²) in [4.78, 5) is 66.3. The predicted molar refractivity (Wildman–Crippen MR) is 225 cm³/mol. The van der Waals surface area contributed by atoms with Gasteiger partial charge in [0.1, 0.15) is 16.9 Å². The van der Waals surface area contributed by atoms with Crippen molar-refractivity contribution >= 4 is 69.1 Å². The monoisotopic (exact) mass is 892 g/mol. The largest absolute Gasteiger partial charge is 0.395 e. The Morgan fingerprint density at radius 1 is 0.812 bits per heavy atom. The lowest BCUT2D eigenvalue weighted by Gasteiger charge is -2.36. The quantitative estimate of drug-likeness (QED) is 0.0602. The number of aryl methyl sites for hydroxylation is 4. The van der Waals surface area contributed by atoms with E-state index in [9.17, 15) is 36.7 Å². The van der Waals surface area contributed by atoms with Gasteiger partial charge in [-0.3, -0.25) is 53.4 Å². The lowest BCUT2D eigenvalue weighted by atomic mass is 10.1. The summed E-state index contributed by atoms with van der Waals surface area (Å²) in [5, 5.41) is 17.3. The maximum Gasteiger partial charge on any atom is 0.372 e. The van der Waals surface area contributed by atoms with E-state index < -0.39 is 48.9 Å². The number of carbonyl (C=O) groups excluding carboxylic acids is 4. The SMILES string of the molecule is CCn1nc(C)cc1C(=O)Nc1nc2cc(C(N)=O)cc(NCCN3CC(F)(F)OC(F)(F)C3)c2n1C/C=C/Cn1c(NC(=O)c2c(N)c(C)nn2CC)nc2cc(C(N)=O)cnc21. The molecule has 0 aliphatic carbocycles. The molecule has 1 aliphatic heterocycles. The molecule has 0 spiro atoms. The fraction of sp³-hybridized carbons (Fsp3) is 0.359. The molecule has 5 aromatic heterocycles. The minimum absolute atomic E-state index is 0.00431. The first kappa shape index (κ1) is 44.6. The highest BCUT2D eigenvalue weighted by Crippen LogP contribution is 2.34. The van der Waals surface area contributed by atoms with Crippen molar-refractivity contribution in [3.05, 3.63) is 76.5 Å².